The van der Waals surface area contributed by atoms with Crippen LogP contribution in [0.4, 0.5) is 10.1 Å². The van der Waals surface area contributed by atoms with Gasteiger partial charge in [-0.15, -0.1) is 5.10 Å². The molecule has 0 saturated heterocycles. The van der Waals surface area contributed by atoms with Crippen molar-refractivity contribution in [3.8, 4) is 0 Å². The fourth-order valence-electron chi connectivity index (χ4n) is 1.69. The fourth-order valence-corrected chi connectivity index (χ4v) is 2.29. The number of halogens is 1. The van der Waals surface area contributed by atoms with E-state index in [1.54, 1.807) is 30.3 Å². The number of amides is 1. The lowest BCUT2D eigenvalue weighted by atomic mass is 10.2. The summed E-state index contributed by atoms with van der Waals surface area (Å²) in [6.07, 6.45) is 0. The maximum Gasteiger partial charge on any atom is 0.255 e. The minimum absolute atomic E-state index is 0.291. The van der Waals surface area contributed by atoms with Crippen LogP contribution in [0.2, 0.25) is 0 Å². The molecule has 0 radical (unpaired) electrons. The van der Waals surface area contributed by atoms with Crippen LogP contribution in [0.3, 0.4) is 0 Å². The number of nitrogens with zero attached hydrogens (tertiary/aromatic N) is 2. The first-order chi connectivity index (χ1) is 9.22. The number of rotatable bonds is 2. The molecule has 3 rings (SSSR count). The number of aromatic nitrogens is 2. The van der Waals surface area contributed by atoms with E-state index < -0.39 is 0 Å². The molecule has 6 heteroatoms. The van der Waals surface area contributed by atoms with Gasteiger partial charge in [0.05, 0.1) is 4.70 Å². The molecule has 94 valence electrons. The molecule has 0 aliphatic heterocycles. The van der Waals surface area contributed by atoms with Crippen LogP contribution in [-0.2, 0) is 0 Å². The van der Waals surface area contributed by atoms with Crippen LogP contribution in [-0.4, -0.2) is 15.5 Å². The summed E-state index contributed by atoms with van der Waals surface area (Å²) in [5.74, 6) is -0.680. The molecule has 1 amide bonds. The maximum atomic E-state index is 13.0. The van der Waals surface area contributed by atoms with Gasteiger partial charge in [-0.1, -0.05) is 10.6 Å². The van der Waals surface area contributed by atoms with Gasteiger partial charge in [0.1, 0.15) is 11.3 Å². The first kappa shape index (κ1) is 11.7. The van der Waals surface area contributed by atoms with Crippen molar-refractivity contribution < 1.29 is 9.18 Å². The summed E-state index contributed by atoms with van der Waals surface area (Å²) in [4.78, 5) is 12.0. The topological polar surface area (TPSA) is 54.9 Å². The number of fused-ring (bicyclic) bond motifs is 1. The fraction of sp³-hybridized carbons (Fsp3) is 0. The van der Waals surface area contributed by atoms with Gasteiger partial charge in [-0.2, -0.15) is 0 Å². The summed E-state index contributed by atoms with van der Waals surface area (Å²) < 4.78 is 17.7. The normalized spacial score (nSPS) is 10.6. The molecule has 0 aliphatic carbocycles. The Morgan fingerprint density at radius 3 is 2.95 bits per heavy atom. The summed E-state index contributed by atoms with van der Waals surface area (Å²) in [5.41, 5.74) is 1.67. The van der Waals surface area contributed by atoms with E-state index in [9.17, 15) is 9.18 Å². The Balaban J connectivity index is 1.87. The lowest BCUT2D eigenvalue weighted by molar-refractivity contribution is 0.102. The standard InChI is InChI=1S/C13H8FN3OS/c14-9-2-1-3-10(7-9)15-13(18)8-4-5-11-12(6-8)19-17-16-11/h1-7H,(H,15,18). The van der Waals surface area contributed by atoms with E-state index in [1.807, 2.05) is 0 Å². The van der Waals surface area contributed by atoms with Crippen LogP contribution in [0.1, 0.15) is 10.4 Å². The van der Waals surface area contributed by atoms with Crippen LogP contribution in [0.5, 0.6) is 0 Å². The van der Waals surface area contributed by atoms with Gasteiger partial charge in [0, 0.05) is 11.3 Å². The zero-order valence-electron chi connectivity index (χ0n) is 9.63. The van der Waals surface area contributed by atoms with Crippen molar-refractivity contribution in [2.75, 3.05) is 5.32 Å². The van der Waals surface area contributed by atoms with E-state index in [0.29, 0.717) is 11.3 Å². The van der Waals surface area contributed by atoms with Crippen molar-refractivity contribution in [3.63, 3.8) is 0 Å². The third kappa shape index (κ3) is 2.43. The largest absolute Gasteiger partial charge is 0.322 e. The molecule has 0 bridgehead atoms. The van der Waals surface area contributed by atoms with Crippen LogP contribution in [0.25, 0.3) is 10.2 Å². The van der Waals surface area contributed by atoms with Crippen molar-refractivity contribution in [2.45, 2.75) is 0 Å². The van der Waals surface area contributed by atoms with Crippen molar-refractivity contribution in [3.05, 3.63) is 53.8 Å². The second kappa shape index (κ2) is 4.74. The molecule has 4 nitrogen and oxygen atoms in total. The van der Waals surface area contributed by atoms with E-state index in [4.69, 9.17) is 0 Å². The van der Waals surface area contributed by atoms with E-state index in [0.717, 1.165) is 10.2 Å². The van der Waals surface area contributed by atoms with Crippen LogP contribution >= 0.6 is 11.5 Å². The number of benzene rings is 2. The Morgan fingerprint density at radius 2 is 2.11 bits per heavy atom. The van der Waals surface area contributed by atoms with Gasteiger partial charge in [-0.05, 0) is 47.9 Å². The highest BCUT2D eigenvalue weighted by atomic mass is 32.1. The molecule has 3 aromatic rings. The first-order valence-corrected chi connectivity index (χ1v) is 6.29. The summed E-state index contributed by atoms with van der Waals surface area (Å²) >= 11 is 1.23. The molecule has 0 spiro atoms. The summed E-state index contributed by atoms with van der Waals surface area (Å²) in [5, 5.41) is 6.54. The summed E-state index contributed by atoms with van der Waals surface area (Å²) in [6, 6.07) is 10.9. The van der Waals surface area contributed by atoms with Crippen molar-refractivity contribution in [1.29, 1.82) is 0 Å². The van der Waals surface area contributed by atoms with Crippen molar-refractivity contribution in [1.82, 2.24) is 9.59 Å². The average Bonchev–Trinajstić information content (AvgIpc) is 2.85. The maximum absolute atomic E-state index is 13.0. The minimum Gasteiger partial charge on any atom is -0.322 e. The molecule has 0 saturated carbocycles. The molecule has 0 fully saturated rings. The number of carbonyl (C=O) groups is 1. The van der Waals surface area contributed by atoms with Gasteiger partial charge < -0.3 is 5.32 Å². The lowest BCUT2D eigenvalue weighted by Gasteiger charge is -2.05. The second-order valence-corrected chi connectivity index (χ2v) is 4.71. The molecule has 0 unspecified atom stereocenters. The predicted molar refractivity (Wildman–Crippen MR) is 71.8 cm³/mol. The molecule has 2 aromatic carbocycles. The molecular weight excluding hydrogens is 265 g/mol. The Bertz CT molecular complexity index is 756. The molecule has 1 aromatic heterocycles. The van der Waals surface area contributed by atoms with Gasteiger partial charge in [-0.25, -0.2) is 4.39 Å². The highest BCUT2D eigenvalue weighted by molar-refractivity contribution is 7.12. The van der Waals surface area contributed by atoms with E-state index in [2.05, 4.69) is 14.9 Å². The number of nitrogens with one attached hydrogen (secondary N) is 1. The van der Waals surface area contributed by atoms with Gasteiger partial charge in [0.25, 0.3) is 5.91 Å². The zero-order chi connectivity index (χ0) is 13.2. The molecule has 1 N–H and O–H groups in total. The highest BCUT2D eigenvalue weighted by Gasteiger charge is 2.08. The van der Waals surface area contributed by atoms with Gasteiger partial charge >= 0.3 is 0 Å². The van der Waals surface area contributed by atoms with Crippen molar-refractivity contribution in [2.24, 2.45) is 0 Å². The number of hydrogen-bond acceptors (Lipinski definition) is 4. The molecule has 0 atom stereocenters. The Labute approximate surface area is 112 Å². The third-order valence-corrected chi connectivity index (χ3v) is 3.28. The smallest absolute Gasteiger partial charge is 0.255 e. The first-order valence-electron chi connectivity index (χ1n) is 5.51. The molecule has 19 heavy (non-hydrogen) atoms. The van der Waals surface area contributed by atoms with Crippen LogP contribution in [0, 0.1) is 5.82 Å². The molecule has 1 heterocycles. The summed E-state index contributed by atoms with van der Waals surface area (Å²) in [6.45, 7) is 0. The van der Waals surface area contributed by atoms with Crippen LogP contribution < -0.4 is 5.32 Å². The van der Waals surface area contributed by atoms with Gasteiger partial charge in [0.2, 0.25) is 0 Å². The summed E-state index contributed by atoms with van der Waals surface area (Å²) in [7, 11) is 0. The van der Waals surface area contributed by atoms with E-state index in [1.165, 1.54) is 23.7 Å². The number of carbonyl (C=O) groups excluding carboxylic acids is 1. The Hall–Kier alpha value is -2.34. The quantitative estimate of drug-likeness (QED) is 0.780. The van der Waals surface area contributed by atoms with Crippen LogP contribution in [0.15, 0.2) is 42.5 Å². The molecule has 0 aliphatic rings. The van der Waals surface area contributed by atoms with Gasteiger partial charge in [-0.3, -0.25) is 4.79 Å². The Kier molecular flexibility index (Phi) is 2.92. The Morgan fingerprint density at radius 1 is 1.21 bits per heavy atom. The van der Waals surface area contributed by atoms with Crippen molar-refractivity contribution >= 4 is 33.3 Å². The highest BCUT2D eigenvalue weighted by Crippen LogP contribution is 2.18. The molecular formula is C13H8FN3OS. The SMILES string of the molecule is O=C(Nc1cccc(F)c1)c1ccc2nnsc2c1. The van der Waals surface area contributed by atoms with E-state index >= 15 is 0 Å². The monoisotopic (exact) mass is 273 g/mol. The van der Waals surface area contributed by atoms with E-state index in [-0.39, 0.29) is 11.7 Å². The second-order valence-electron chi connectivity index (χ2n) is 3.92. The lowest BCUT2D eigenvalue weighted by Crippen LogP contribution is -2.11. The number of hydrogen-bond donors (Lipinski definition) is 1. The minimum atomic E-state index is -0.389. The third-order valence-electron chi connectivity index (χ3n) is 2.59. The predicted octanol–water partition coefficient (Wildman–Crippen LogP) is 3.08. The average molecular weight is 273 g/mol. The number of anilines is 1. The zero-order valence-corrected chi connectivity index (χ0v) is 10.4. The van der Waals surface area contributed by atoms with Gasteiger partial charge in [0.15, 0.2) is 0 Å².